The SMILES string of the molecule is CCn1ccc(CN(C)C(=O)c2cc(-c3ccc(C)cc3)nc3c2c(C)nn3CC)n1. The number of rotatable bonds is 6. The summed E-state index contributed by atoms with van der Waals surface area (Å²) in [5.74, 6) is -0.0643. The summed E-state index contributed by atoms with van der Waals surface area (Å²) in [7, 11) is 1.81. The van der Waals surface area contributed by atoms with E-state index in [-0.39, 0.29) is 5.91 Å². The van der Waals surface area contributed by atoms with Crippen LogP contribution < -0.4 is 0 Å². The zero-order valence-electron chi connectivity index (χ0n) is 18.8. The van der Waals surface area contributed by atoms with Gasteiger partial charge in [0.15, 0.2) is 5.65 Å². The Morgan fingerprint density at radius 2 is 1.77 bits per heavy atom. The third kappa shape index (κ3) is 3.95. The second-order valence-electron chi connectivity index (χ2n) is 7.84. The number of aryl methyl sites for hydroxylation is 4. The molecule has 1 aromatic carbocycles. The Hall–Kier alpha value is -3.48. The van der Waals surface area contributed by atoms with E-state index in [2.05, 4.69) is 29.3 Å². The molecule has 0 aliphatic carbocycles. The van der Waals surface area contributed by atoms with Crippen molar-refractivity contribution in [2.24, 2.45) is 0 Å². The lowest BCUT2D eigenvalue weighted by Gasteiger charge is -2.17. The first-order valence-corrected chi connectivity index (χ1v) is 10.6. The van der Waals surface area contributed by atoms with Gasteiger partial charge in [-0.1, -0.05) is 29.8 Å². The topological polar surface area (TPSA) is 68.8 Å². The Labute approximate surface area is 182 Å². The molecular weight excluding hydrogens is 388 g/mol. The summed E-state index contributed by atoms with van der Waals surface area (Å²) in [5, 5.41) is 9.95. The average Bonchev–Trinajstić information content (AvgIpc) is 3.36. The second kappa shape index (κ2) is 8.34. The van der Waals surface area contributed by atoms with Crippen molar-refractivity contribution in [2.45, 2.75) is 47.3 Å². The normalized spacial score (nSPS) is 11.3. The Balaban J connectivity index is 1.79. The van der Waals surface area contributed by atoms with Crippen LogP contribution in [-0.4, -0.2) is 42.4 Å². The summed E-state index contributed by atoms with van der Waals surface area (Å²) in [6.07, 6.45) is 1.93. The smallest absolute Gasteiger partial charge is 0.254 e. The summed E-state index contributed by atoms with van der Waals surface area (Å²) >= 11 is 0. The molecule has 0 saturated heterocycles. The number of hydrogen-bond acceptors (Lipinski definition) is 4. The zero-order valence-corrected chi connectivity index (χ0v) is 18.8. The zero-order chi connectivity index (χ0) is 22.1. The van der Waals surface area contributed by atoms with Gasteiger partial charge >= 0.3 is 0 Å². The van der Waals surface area contributed by atoms with E-state index in [1.165, 1.54) is 5.56 Å². The maximum Gasteiger partial charge on any atom is 0.254 e. The number of carbonyl (C=O) groups excluding carboxylic acids is 1. The summed E-state index contributed by atoms with van der Waals surface area (Å²) in [4.78, 5) is 20.1. The van der Waals surface area contributed by atoms with E-state index in [9.17, 15) is 4.79 Å². The standard InChI is InChI=1S/C24H28N6O/c1-6-29-13-12-19(27-29)15-28(5)24(31)20-14-21(18-10-8-16(3)9-11-18)25-23-22(20)17(4)26-30(23)7-2/h8-14H,6-7,15H2,1-5H3. The molecule has 160 valence electrons. The van der Waals surface area contributed by atoms with Crippen LogP contribution >= 0.6 is 0 Å². The fourth-order valence-electron chi connectivity index (χ4n) is 3.80. The highest BCUT2D eigenvalue weighted by Gasteiger charge is 2.22. The Kier molecular flexibility index (Phi) is 5.59. The van der Waals surface area contributed by atoms with Crippen molar-refractivity contribution in [2.75, 3.05) is 7.05 Å². The van der Waals surface area contributed by atoms with Gasteiger partial charge in [-0.2, -0.15) is 10.2 Å². The van der Waals surface area contributed by atoms with Crippen LogP contribution in [0.2, 0.25) is 0 Å². The van der Waals surface area contributed by atoms with Crippen LogP contribution in [-0.2, 0) is 19.6 Å². The third-order valence-corrected chi connectivity index (χ3v) is 5.52. The minimum atomic E-state index is -0.0643. The molecule has 7 heteroatoms. The fraction of sp³-hybridized carbons (Fsp3) is 0.333. The molecule has 0 fully saturated rings. The highest BCUT2D eigenvalue weighted by molar-refractivity contribution is 6.07. The monoisotopic (exact) mass is 416 g/mol. The number of hydrogen-bond donors (Lipinski definition) is 0. The van der Waals surface area contributed by atoms with Crippen LogP contribution in [0.3, 0.4) is 0 Å². The second-order valence-corrected chi connectivity index (χ2v) is 7.84. The molecule has 0 aliphatic rings. The highest BCUT2D eigenvalue weighted by Crippen LogP contribution is 2.28. The lowest BCUT2D eigenvalue weighted by atomic mass is 10.0. The molecule has 0 unspecified atom stereocenters. The van der Waals surface area contributed by atoms with Gasteiger partial charge in [-0.15, -0.1) is 0 Å². The van der Waals surface area contributed by atoms with Gasteiger partial charge in [0.05, 0.1) is 34.6 Å². The van der Waals surface area contributed by atoms with Crippen molar-refractivity contribution in [3.8, 4) is 11.3 Å². The minimum Gasteiger partial charge on any atom is -0.336 e. The van der Waals surface area contributed by atoms with E-state index in [1.54, 1.807) is 4.90 Å². The van der Waals surface area contributed by atoms with Gasteiger partial charge in [0.1, 0.15) is 0 Å². The van der Waals surface area contributed by atoms with Crippen LogP contribution in [0.5, 0.6) is 0 Å². The predicted octanol–water partition coefficient (Wildman–Crippen LogP) is 4.22. The van der Waals surface area contributed by atoms with Crippen LogP contribution in [0.4, 0.5) is 0 Å². The molecule has 0 spiro atoms. The van der Waals surface area contributed by atoms with Crippen LogP contribution in [0.25, 0.3) is 22.3 Å². The molecular formula is C24H28N6O. The molecule has 0 atom stereocenters. The van der Waals surface area contributed by atoms with Gasteiger partial charge in [0.25, 0.3) is 5.91 Å². The summed E-state index contributed by atoms with van der Waals surface area (Å²) in [6.45, 7) is 9.99. The molecule has 1 amide bonds. The Morgan fingerprint density at radius 3 is 2.42 bits per heavy atom. The van der Waals surface area contributed by atoms with Gasteiger partial charge < -0.3 is 4.90 Å². The van der Waals surface area contributed by atoms with Crippen LogP contribution in [0, 0.1) is 13.8 Å². The molecule has 3 heterocycles. The molecule has 0 N–H and O–H groups in total. The Bertz CT molecular complexity index is 1240. The molecule has 0 saturated carbocycles. The number of fused-ring (bicyclic) bond motifs is 1. The summed E-state index contributed by atoms with van der Waals surface area (Å²) in [6, 6.07) is 12.0. The van der Waals surface area contributed by atoms with E-state index in [0.29, 0.717) is 18.7 Å². The lowest BCUT2D eigenvalue weighted by molar-refractivity contribution is 0.0785. The van der Waals surface area contributed by atoms with Gasteiger partial charge in [-0.3, -0.25) is 9.48 Å². The Morgan fingerprint density at radius 1 is 1.03 bits per heavy atom. The van der Waals surface area contributed by atoms with Crippen molar-refractivity contribution >= 4 is 16.9 Å². The third-order valence-electron chi connectivity index (χ3n) is 5.52. The van der Waals surface area contributed by atoms with E-state index in [0.717, 1.165) is 40.2 Å². The van der Waals surface area contributed by atoms with Crippen molar-refractivity contribution in [3.63, 3.8) is 0 Å². The highest BCUT2D eigenvalue weighted by atomic mass is 16.2. The maximum absolute atomic E-state index is 13.6. The quantitative estimate of drug-likeness (QED) is 0.472. The lowest BCUT2D eigenvalue weighted by Crippen LogP contribution is -2.27. The number of carbonyl (C=O) groups is 1. The molecule has 0 bridgehead atoms. The summed E-state index contributed by atoms with van der Waals surface area (Å²) < 4.78 is 3.73. The summed E-state index contributed by atoms with van der Waals surface area (Å²) in [5.41, 5.74) is 5.97. The first-order chi connectivity index (χ1) is 14.9. The van der Waals surface area contributed by atoms with E-state index >= 15 is 0 Å². The predicted molar refractivity (Wildman–Crippen MR) is 122 cm³/mol. The molecule has 7 nitrogen and oxygen atoms in total. The number of pyridine rings is 1. The van der Waals surface area contributed by atoms with Gasteiger partial charge in [0, 0.05) is 31.9 Å². The van der Waals surface area contributed by atoms with Crippen molar-refractivity contribution in [1.29, 1.82) is 0 Å². The minimum absolute atomic E-state index is 0.0643. The number of aromatic nitrogens is 5. The number of amides is 1. The van der Waals surface area contributed by atoms with Gasteiger partial charge in [-0.25, -0.2) is 9.67 Å². The van der Waals surface area contributed by atoms with Crippen molar-refractivity contribution in [1.82, 2.24) is 29.4 Å². The van der Waals surface area contributed by atoms with Crippen LogP contribution in [0.1, 0.15) is 41.2 Å². The largest absolute Gasteiger partial charge is 0.336 e. The molecule has 0 radical (unpaired) electrons. The molecule has 3 aromatic heterocycles. The first-order valence-electron chi connectivity index (χ1n) is 10.6. The molecule has 4 rings (SSSR count). The van der Waals surface area contributed by atoms with Crippen LogP contribution in [0.15, 0.2) is 42.6 Å². The molecule has 0 aliphatic heterocycles. The molecule has 4 aromatic rings. The van der Waals surface area contributed by atoms with E-state index in [1.807, 2.05) is 67.6 Å². The molecule has 31 heavy (non-hydrogen) atoms. The van der Waals surface area contributed by atoms with Gasteiger partial charge in [-0.05, 0) is 39.8 Å². The first kappa shape index (κ1) is 20.8. The average molecular weight is 417 g/mol. The van der Waals surface area contributed by atoms with Crippen molar-refractivity contribution < 1.29 is 4.79 Å². The number of nitrogens with zero attached hydrogens (tertiary/aromatic N) is 6. The fourth-order valence-corrected chi connectivity index (χ4v) is 3.80. The maximum atomic E-state index is 13.6. The van der Waals surface area contributed by atoms with E-state index in [4.69, 9.17) is 4.98 Å². The van der Waals surface area contributed by atoms with E-state index < -0.39 is 0 Å². The van der Waals surface area contributed by atoms with Crippen molar-refractivity contribution in [3.05, 3.63) is 65.1 Å². The van der Waals surface area contributed by atoms with Gasteiger partial charge in [0.2, 0.25) is 0 Å². The number of benzene rings is 1.